The Hall–Kier alpha value is -0.120. The van der Waals surface area contributed by atoms with Crippen molar-refractivity contribution in [1.82, 2.24) is 10.2 Å². The van der Waals surface area contributed by atoms with E-state index in [0.717, 1.165) is 32.1 Å². The second-order valence-corrected chi connectivity index (χ2v) is 3.48. The highest BCUT2D eigenvalue weighted by Crippen LogP contribution is 2.08. The summed E-state index contributed by atoms with van der Waals surface area (Å²) >= 11 is 0. The minimum absolute atomic E-state index is 0.286. The maximum atomic E-state index is 8.78. The van der Waals surface area contributed by atoms with Crippen molar-refractivity contribution < 1.29 is 5.11 Å². The summed E-state index contributed by atoms with van der Waals surface area (Å²) in [5.41, 5.74) is 0. The lowest BCUT2D eigenvalue weighted by molar-refractivity contribution is 0.184. The molecule has 0 radical (unpaired) electrons. The molecule has 0 unspecified atom stereocenters. The molecule has 0 aromatic rings. The molecule has 1 aliphatic heterocycles. The zero-order chi connectivity index (χ0) is 8.81. The van der Waals surface area contributed by atoms with Crippen LogP contribution in [0.4, 0.5) is 0 Å². The molecule has 1 saturated heterocycles. The summed E-state index contributed by atoms with van der Waals surface area (Å²) in [6.07, 6.45) is 1.29. The van der Waals surface area contributed by atoms with Crippen molar-refractivity contribution in [2.75, 3.05) is 39.3 Å². The highest BCUT2D eigenvalue weighted by atomic mass is 16.3. The molecule has 0 amide bonds. The van der Waals surface area contributed by atoms with E-state index in [2.05, 4.69) is 17.1 Å². The molecule has 2 N–H and O–H groups in total. The van der Waals surface area contributed by atoms with E-state index in [9.17, 15) is 0 Å². The van der Waals surface area contributed by atoms with Gasteiger partial charge in [-0.2, -0.15) is 0 Å². The van der Waals surface area contributed by atoms with Crippen LogP contribution in [0.1, 0.15) is 13.3 Å². The summed E-state index contributed by atoms with van der Waals surface area (Å²) in [7, 11) is 0. The first kappa shape index (κ1) is 9.96. The van der Waals surface area contributed by atoms with Crippen LogP contribution in [0.3, 0.4) is 0 Å². The third kappa shape index (κ3) is 3.09. The third-order valence-corrected chi connectivity index (χ3v) is 2.54. The van der Waals surface area contributed by atoms with Crippen LogP contribution in [-0.4, -0.2) is 49.3 Å². The first-order valence-corrected chi connectivity index (χ1v) is 4.90. The Morgan fingerprint density at radius 3 is 2.92 bits per heavy atom. The topological polar surface area (TPSA) is 35.5 Å². The van der Waals surface area contributed by atoms with Crippen LogP contribution in [0.5, 0.6) is 0 Å². The first-order valence-electron chi connectivity index (χ1n) is 4.90. The number of rotatable bonds is 5. The van der Waals surface area contributed by atoms with Gasteiger partial charge in [-0.25, -0.2) is 0 Å². The predicted octanol–water partition coefficient (Wildman–Crippen LogP) is -0.0899. The fourth-order valence-electron chi connectivity index (χ4n) is 1.76. The molecule has 0 bridgehead atoms. The van der Waals surface area contributed by atoms with Crippen LogP contribution < -0.4 is 5.32 Å². The van der Waals surface area contributed by atoms with Crippen molar-refractivity contribution in [3.63, 3.8) is 0 Å². The number of nitrogens with one attached hydrogen (secondary N) is 1. The van der Waals surface area contributed by atoms with Gasteiger partial charge < -0.3 is 15.3 Å². The van der Waals surface area contributed by atoms with Crippen LogP contribution in [0.15, 0.2) is 0 Å². The van der Waals surface area contributed by atoms with Crippen LogP contribution in [0.2, 0.25) is 0 Å². The van der Waals surface area contributed by atoms with Gasteiger partial charge in [0.15, 0.2) is 0 Å². The van der Waals surface area contributed by atoms with E-state index in [0.29, 0.717) is 0 Å². The molecule has 0 aliphatic carbocycles. The van der Waals surface area contributed by atoms with Gasteiger partial charge in [-0.3, -0.25) is 0 Å². The first-order chi connectivity index (χ1) is 5.86. The fourth-order valence-corrected chi connectivity index (χ4v) is 1.76. The van der Waals surface area contributed by atoms with Crippen molar-refractivity contribution in [3.05, 3.63) is 0 Å². The van der Waals surface area contributed by atoms with E-state index in [1.165, 1.54) is 13.0 Å². The molecule has 3 nitrogen and oxygen atoms in total. The second kappa shape index (κ2) is 5.51. The molecular weight excluding hydrogens is 152 g/mol. The Morgan fingerprint density at radius 1 is 1.58 bits per heavy atom. The lowest BCUT2D eigenvalue weighted by atomic mass is 10.1. The summed E-state index contributed by atoms with van der Waals surface area (Å²) in [6, 6.07) is 0. The van der Waals surface area contributed by atoms with Crippen molar-refractivity contribution in [2.45, 2.75) is 13.3 Å². The van der Waals surface area contributed by atoms with E-state index < -0.39 is 0 Å². The van der Waals surface area contributed by atoms with E-state index in [1.54, 1.807) is 0 Å². The van der Waals surface area contributed by atoms with E-state index in [-0.39, 0.29) is 6.61 Å². The molecule has 1 fully saturated rings. The van der Waals surface area contributed by atoms with E-state index in [4.69, 9.17) is 5.11 Å². The summed E-state index contributed by atoms with van der Waals surface area (Å²) < 4.78 is 0. The Labute approximate surface area is 74.8 Å². The number of likely N-dealkylation sites (N-methyl/N-ethyl adjacent to an activating group) is 1. The second-order valence-electron chi connectivity index (χ2n) is 3.48. The molecule has 72 valence electrons. The number of nitrogens with zero attached hydrogens (tertiary/aromatic N) is 1. The number of hydrogen-bond acceptors (Lipinski definition) is 3. The standard InChI is InChI=1S/C9H20N2O/c1-2-11(5-6-12)8-9-3-4-10-7-9/h9-10,12H,2-8H2,1H3/t9-/m1/s1. The average Bonchev–Trinajstić information content (AvgIpc) is 2.56. The van der Waals surface area contributed by atoms with Crippen LogP contribution >= 0.6 is 0 Å². The van der Waals surface area contributed by atoms with Crippen LogP contribution in [-0.2, 0) is 0 Å². The molecule has 1 rings (SSSR count). The van der Waals surface area contributed by atoms with Gasteiger partial charge in [-0.05, 0) is 32.0 Å². The normalized spacial score (nSPS) is 23.8. The van der Waals surface area contributed by atoms with Gasteiger partial charge >= 0.3 is 0 Å². The molecule has 0 spiro atoms. The zero-order valence-corrected chi connectivity index (χ0v) is 7.92. The van der Waals surface area contributed by atoms with Crippen LogP contribution in [0, 0.1) is 5.92 Å². The summed E-state index contributed by atoms with van der Waals surface area (Å²) in [6.45, 7) is 7.78. The number of aliphatic hydroxyl groups excluding tert-OH is 1. The van der Waals surface area contributed by atoms with E-state index in [1.807, 2.05) is 0 Å². The van der Waals surface area contributed by atoms with Crippen LogP contribution in [0.25, 0.3) is 0 Å². The molecule has 0 aromatic heterocycles. The Morgan fingerprint density at radius 2 is 2.42 bits per heavy atom. The molecule has 0 aromatic carbocycles. The SMILES string of the molecule is CCN(CCO)C[C@@H]1CCNC1. The minimum atomic E-state index is 0.286. The molecular formula is C9H20N2O. The molecule has 1 atom stereocenters. The highest BCUT2D eigenvalue weighted by Gasteiger charge is 2.16. The van der Waals surface area contributed by atoms with Gasteiger partial charge in [0.1, 0.15) is 0 Å². The lowest BCUT2D eigenvalue weighted by Gasteiger charge is -2.22. The van der Waals surface area contributed by atoms with Crippen molar-refractivity contribution in [2.24, 2.45) is 5.92 Å². The molecule has 3 heteroatoms. The largest absolute Gasteiger partial charge is 0.395 e. The Kier molecular flexibility index (Phi) is 4.58. The zero-order valence-electron chi connectivity index (χ0n) is 7.92. The predicted molar refractivity (Wildman–Crippen MR) is 50.2 cm³/mol. The quantitative estimate of drug-likeness (QED) is 0.608. The van der Waals surface area contributed by atoms with Crippen molar-refractivity contribution in [3.8, 4) is 0 Å². The van der Waals surface area contributed by atoms with E-state index >= 15 is 0 Å². The van der Waals surface area contributed by atoms with Crippen molar-refractivity contribution >= 4 is 0 Å². The monoisotopic (exact) mass is 172 g/mol. The fraction of sp³-hybridized carbons (Fsp3) is 1.00. The van der Waals surface area contributed by atoms with Gasteiger partial charge in [0.25, 0.3) is 0 Å². The maximum Gasteiger partial charge on any atom is 0.0558 e. The summed E-state index contributed by atoms with van der Waals surface area (Å²) in [4.78, 5) is 2.32. The van der Waals surface area contributed by atoms with Gasteiger partial charge in [0.2, 0.25) is 0 Å². The third-order valence-electron chi connectivity index (χ3n) is 2.54. The molecule has 1 heterocycles. The van der Waals surface area contributed by atoms with Gasteiger partial charge in [0, 0.05) is 13.1 Å². The number of hydrogen-bond donors (Lipinski definition) is 2. The van der Waals surface area contributed by atoms with Gasteiger partial charge in [0.05, 0.1) is 6.61 Å². The molecule has 1 aliphatic rings. The van der Waals surface area contributed by atoms with Gasteiger partial charge in [-0.1, -0.05) is 6.92 Å². The highest BCUT2D eigenvalue weighted by molar-refractivity contribution is 4.74. The lowest BCUT2D eigenvalue weighted by Crippen LogP contribution is -2.32. The smallest absolute Gasteiger partial charge is 0.0558 e. The average molecular weight is 172 g/mol. The molecule has 0 saturated carbocycles. The summed E-state index contributed by atoms with van der Waals surface area (Å²) in [5, 5.41) is 12.1. The molecule has 12 heavy (non-hydrogen) atoms. The Balaban J connectivity index is 2.16. The number of aliphatic hydroxyl groups is 1. The summed E-state index contributed by atoms with van der Waals surface area (Å²) in [5.74, 6) is 0.802. The minimum Gasteiger partial charge on any atom is -0.395 e. The van der Waals surface area contributed by atoms with Gasteiger partial charge in [-0.15, -0.1) is 0 Å². The van der Waals surface area contributed by atoms with Crippen molar-refractivity contribution in [1.29, 1.82) is 0 Å². The maximum absolute atomic E-state index is 8.78. The Bertz CT molecular complexity index is 113.